The van der Waals surface area contributed by atoms with Crippen LogP contribution in [-0.4, -0.2) is 15.0 Å². The Hall–Kier alpha value is -6.88. The summed E-state index contributed by atoms with van der Waals surface area (Å²) in [5.74, 6) is 1.92. The molecule has 0 radical (unpaired) electrons. The Morgan fingerprint density at radius 3 is 1.39 bits per heavy atom. The van der Waals surface area contributed by atoms with E-state index in [0.29, 0.717) is 17.5 Å². The van der Waals surface area contributed by atoms with Gasteiger partial charge < -0.3 is 0 Å². The molecule has 0 spiro atoms. The second-order valence-corrected chi connectivity index (χ2v) is 15.0. The van der Waals surface area contributed by atoms with E-state index in [-0.39, 0.29) is 0 Å². The SMILES string of the molecule is c1ccc(-c2nc(-c3ccc(-c4ccc5c(c4)C(c4ccccc4)(c4ccccc4)c4ccccc4S5)cc3)nc(-c3ccccc3-c3ccccc3)n2)cc1. The summed E-state index contributed by atoms with van der Waals surface area (Å²) in [6.45, 7) is 0. The van der Waals surface area contributed by atoms with Crippen molar-refractivity contribution < 1.29 is 0 Å². The second-order valence-electron chi connectivity index (χ2n) is 14.0. The molecule has 0 bridgehead atoms. The van der Waals surface area contributed by atoms with Gasteiger partial charge in [-0.3, -0.25) is 0 Å². The summed E-state index contributed by atoms with van der Waals surface area (Å²) in [5.41, 5.74) is 11.9. The quantitative estimate of drug-likeness (QED) is 0.163. The van der Waals surface area contributed by atoms with E-state index in [0.717, 1.165) is 38.9 Å². The highest BCUT2D eigenvalue weighted by Gasteiger charge is 2.44. The first-order valence-corrected chi connectivity index (χ1v) is 19.7. The molecule has 264 valence electrons. The molecule has 0 saturated heterocycles. The molecule has 0 aliphatic carbocycles. The van der Waals surface area contributed by atoms with Gasteiger partial charge in [0.15, 0.2) is 17.5 Å². The minimum absolute atomic E-state index is 0.485. The third kappa shape index (κ3) is 5.92. The van der Waals surface area contributed by atoms with Crippen LogP contribution in [0.25, 0.3) is 56.4 Å². The number of aromatic nitrogens is 3. The molecule has 9 aromatic rings. The van der Waals surface area contributed by atoms with Crippen LogP contribution in [-0.2, 0) is 5.41 Å². The number of hydrogen-bond donors (Lipinski definition) is 0. The molecule has 56 heavy (non-hydrogen) atoms. The molecule has 1 aliphatic rings. The van der Waals surface area contributed by atoms with Crippen molar-refractivity contribution in [2.75, 3.05) is 0 Å². The highest BCUT2D eigenvalue weighted by Crippen LogP contribution is 2.56. The van der Waals surface area contributed by atoms with Crippen LogP contribution < -0.4 is 0 Å². The number of benzene rings is 8. The predicted molar refractivity (Wildman–Crippen MR) is 229 cm³/mol. The van der Waals surface area contributed by atoms with E-state index in [1.807, 2.05) is 54.2 Å². The van der Waals surface area contributed by atoms with Gasteiger partial charge in [0.05, 0.1) is 5.41 Å². The van der Waals surface area contributed by atoms with Gasteiger partial charge >= 0.3 is 0 Å². The van der Waals surface area contributed by atoms with E-state index in [1.165, 1.54) is 32.0 Å². The van der Waals surface area contributed by atoms with E-state index in [9.17, 15) is 0 Å². The van der Waals surface area contributed by atoms with Gasteiger partial charge in [-0.05, 0) is 62.7 Å². The maximum atomic E-state index is 5.13. The van der Waals surface area contributed by atoms with Gasteiger partial charge in [0.2, 0.25) is 0 Å². The Labute approximate surface area is 331 Å². The van der Waals surface area contributed by atoms with Crippen molar-refractivity contribution in [2.24, 2.45) is 0 Å². The summed E-state index contributed by atoms with van der Waals surface area (Å²) >= 11 is 1.85. The summed E-state index contributed by atoms with van der Waals surface area (Å²) in [7, 11) is 0. The van der Waals surface area contributed by atoms with Gasteiger partial charge in [-0.25, -0.2) is 15.0 Å². The fourth-order valence-corrected chi connectivity index (χ4v) is 9.26. The monoisotopic (exact) mass is 733 g/mol. The average molecular weight is 734 g/mol. The van der Waals surface area contributed by atoms with Crippen LogP contribution in [0.5, 0.6) is 0 Å². The molecule has 3 nitrogen and oxygen atoms in total. The Balaban J connectivity index is 1.10. The van der Waals surface area contributed by atoms with Crippen LogP contribution in [0.4, 0.5) is 0 Å². The van der Waals surface area contributed by atoms with Gasteiger partial charge in [0, 0.05) is 26.5 Å². The van der Waals surface area contributed by atoms with E-state index in [1.54, 1.807) is 0 Å². The summed E-state index contributed by atoms with van der Waals surface area (Å²) < 4.78 is 0. The van der Waals surface area contributed by atoms with E-state index < -0.39 is 5.41 Å². The molecule has 0 fully saturated rings. The molecule has 0 N–H and O–H groups in total. The third-order valence-corrected chi connectivity index (χ3v) is 11.9. The molecule has 0 atom stereocenters. The van der Waals surface area contributed by atoms with Gasteiger partial charge in [-0.1, -0.05) is 206 Å². The van der Waals surface area contributed by atoms with Crippen molar-refractivity contribution in [3.05, 3.63) is 235 Å². The van der Waals surface area contributed by atoms with Gasteiger partial charge in [0.25, 0.3) is 0 Å². The van der Waals surface area contributed by atoms with E-state index >= 15 is 0 Å². The summed E-state index contributed by atoms with van der Waals surface area (Å²) in [4.78, 5) is 17.8. The van der Waals surface area contributed by atoms with Crippen LogP contribution in [0, 0.1) is 0 Å². The first-order valence-electron chi connectivity index (χ1n) is 18.9. The van der Waals surface area contributed by atoms with Crippen LogP contribution in [0.15, 0.2) is 222 Å². The Morgan fingerprint density at radius 2 is 0.750 bits per heavy atom. The fourth-order valence-electron chi connectivity index (χ4n) is 8.09. The Morgan fingerprint density at radius 1 is 0.304 bits per heavy atom. The molecule has 1 aliphatic heterocycles. The smallest absolute Gasteiger partial charge is 0.164 e. The minimum atomic E-state index is -0.485. The van der Waals surface area contributed by atoms with Crippen molar-refractivity contribution in [3.63, 3.8) is 0 Å². The van der Waals surface area contributed by atoms with Crippen LogP contribution in [0.3, 0.4) is 0 Å². The highest BCUT2D eigenvalue weighted by molar-refractivity contribution is 7.99. The van der Waals surface area contributed by atoms with Crippen molar-refractivity contribution in [3.8, 4) is 56.4 Å². The lowest BCUT2D eigenvalue weighted by Crippen LogP contribution is -2.34. The van der Waals surface area contributed by atoms with E-state index in [4.69, 9.17) is 15.0 Å². The minimum Gasteiger partial charge on any atom is -0.208 e. The average Bonchev–Trinajstić information content (AvgIpc) is 3.29. The molecular formula is C52H35N3S. The van der Waals surface area contributed by atoms with Gasteiger partial charge in [-0.2, -0.15) is 0 Å². The van der Waals surface area contributed by atoms with Crippen LogP contribution >= 0.6 is 11.8 Å². The number of hydrogen-bond acceptors (Lipinski definition) is 4. The van der Waals surface area contributed by atoms with Gasteiger partial charge in [-0.15, -0.1) is 0 Å². The largest absolute Gasteiger partial charge is 0.208 e. The standard InChI is InChI=1S/C52H35N3S/c1-5-17-37(18-6-1)43-25-13-14-26-44(43)51-54-49(38-19-7-2-8-20-38)53-50(55-51)39-31-29-36(30-32-39)40-33-34-48-46(35-40)52(41-21-9-3-10-22-41,42-23-11-4-12-24-42)45-27-15-16-28-47(45)56-48/h1-35H. The lowest BCUT2D eigenvalue weighted by atomic mass is 9.64. The first-order chi connectivity index (χ1) is 27.8. The summed E-state index contributed by atoms with van der Waals surface area (Å²) in [6.07, 6.45) is 0. The Bertz CT molecular complexity index is 2770. The molecule has 0 amide bonds. The first kappa shape index (κ1) is 33.7. The molecule has 8 aromatic carbocycles. The molecule has 2 heterocycles. The van der Waals surface area contributed by atoms with Crippen LogP contribution in [0.2, 0.25) is 0 Å². The maximum Gasteiger partial charge on any atom is 0.164 e. The maximum absolute atomic E-state index is 5.13. The predicted octanol–water partition coefficient (Wildman–Crippen LogP) is 13.1. The van der Waals surface area contributed by atoms with Gasteiger partial charge in [0.1, 0.15) is 0 Å². The van der Waals surface area contributed by atoms with Crippen molar-refractivity contribution in [1.82, 2.24) is 15.0 Å². The number of nitrogens with zero attached hydrogens (tertiary/aromatic N) is 3. The van der Waals surface area contributed by atoms with Crippen molar-refractivity contribution >= 4 is 11.8 Å². The lowest BCUT2D eigenvalue weighted by molar-refractivity contribution is 0.703. The summed E-state index contributed by atoms with van der Waals surface area (Å²) in [5, 5.41) is 0. The third-order valence-electron chi connectivity index (χ3n) is 10.7. The molecule has 10 rings (SSSR count). The summed E-state index contributed by atoms with van der Waals surface area (Å²) in [6, 6.07) is 75.3. The highest BCUT2D eigenvalue weighted by atomic mass is 32.2. The number of fused-ring (bicyclic) bond motifs is 2. The van der Waals surface area contributed by atoms with Crippen molar-refractivity contribution in [1.29, 1.82) is 0 Å². The molecule has 0 unspecified atom stereocenters. The zero-order chi connectivity index (χ0) is 37.3. The normalized spacial score (nSPS) is 12.7. The molecular weight excluding hydrogens is 699 g/mol. The van der Waals surface area contributed by atoms with E-state index in [2.05, 4.69) is 170 Å². The molecule has 1 aromatic heterocycles. The molecule has 0 saturated carbocycles. The van der Waals surface area contributed by atoms with Crippen LogP contribution in [0.1, 0.15) is 22.3 Å². The zero-order valence-corrected chi connectivity index (χ0v) is 31.3. The van der Waals surface area contributed by atoms with Crippen molar-refractivity contribution in [2.45, 2.75) is 15.2 Å². The Kier molecular flexibility index (Phi) is 8.66. The number of rotatable bonds is 7. The zero-order valence-electron chi connectivity index (χ0n) is 30.5. The fraction of sp³-hybridized carbons (Fsp3) is 0.0192. The second kappa shape index (κ2) is 14.4. The molecule has 4 heteroatoms. The topological polar surface area (TPSA) is 38.7 Å². The lowest BCUT2D eigenvalue weighted by Gasteiger charge is -2.42.